The fourth-order valence-electron chi connectivity index (χ4n) is 3.59. The Bertz CT molecular complexity index is 1580. The van der Waals surface area contributed by atoms with Crippen molar-refractivity contribution >= 4 is 0 Å². The summed E-state index contributed by atoms with van der Waals surface area (Å²) in [6, 6.07) is 0. The van der Waals surface area contributed by atoms with E-state index in [1.807, 2.05) is 0 Å². The van der Waals surface area contributed by atoms with Gasteiger partial charge in [-0.15, -0.1) is 0 Å². The first kappa shape index (κ1) is 58.1. The summed E-state index contributed by atoms with van der Waals surface area (Å²) in [5.74, 6) is -162. The van der Waals surface area contributed by atoms with Gasteiger partial charge in [-0.3, -0.25) is 0 Å². The summed E-state index contributed by atoms with van der Waals surface area (Å²) in [5, 5.41) is 0. The van der Waals surface area contributed by atoms with E-state index in [2.05, 4.69) is 0 Å². The van der Waals surface area contributed by atoms with Crippen LogP contribution in [0.15, 0.2) is 0 Å². The minimum Gasteiger partial charge on any atom is -0.223 e. The number of alkyl halides is 39. The molecule has 41 heteroatoms. The Kier molecular flexibility index (Phi) is 13.2. The van der Waals surface area contributed by atoms with Crippen molar-refractivity contribution in [3.63, 3.8) is 0 Å². The normalized spacial score (nSPS) is 18.2. The van der Waals surface area contributed by atoms with E-state index in [1.165, 1.54) is 0 Å². The Morgan fingerprint density at radius 2 is 0.246 bits per heavy atom. The topological polar surface area (TPSA) is 0 Å². The third-order valence-electron chi connectivity index (χ3n) is 7.36. The van der Waals surface area contributed by atoms with E-state index in [0.29, 0.717) is 0 Å². The molecule has 1 atom stereocenters. The second-order valence-electron chi connectivity index (χ2n) is 11.1. The summed E-state index contributed by atoms with van der Waals surface area (Å²) >= 11 is 0. The van der Waals surface area contributed by atoms with Crippen LogP contribution in [0.1, 0.15) is 0 Å². The molecule has 0 aliphatic carbocycles. The second-order valence-corrected chi connectivity index (χ2v) is 11.1. The quantitative estimate of drug-likeness (QED) is 0.127. The molecule has 0 aliphatic heterocycles. The third kappa shape index (κ3) is 6.37. The van der Waals surface area contributed by atoms with Crippen LogP contribution in [0, 0.1) is 6.43 Å². The standard InChI is InChI=1S/C20F41/c21-1(22)2(23,4(26,27)6(30,31)8(34,35)10(38,39)13(44,45)15(48,49)17(52,53)19(56,57)58)3(24,25)5(28,29)7(32,33)9(36,37)11(40,41)12(42,43)14(46,47)16(50,51)18(54,55)20(59,60)61. The maximum absolute atomic E-state index is 14.5. The van der Waals surface area contributed by atoms with Crippen molar-refractivity contribution < 1.29 is 180 Å². The highest BCUT2D eigenvalue weighted by atomic mass is 19.5. The van der Waals surface area contributed by atoms with Gasteiger partial charge < -0.3 is 0 Å². The SMILES string of the molecule is F[C](F)C(F)(C(F)(F)C(F)(F)C(F)(F)C(F)(F)C(F)(F)C(F)(F)C(F)(F)C(F)(F)F)C(F)(F)C(F)(F)C(F)(F)C(F)(F)C(F)(F)C(F)(F)C(F)(F)C(F)(F)C(F)(F)C(F)(F)F. The lowest BCUT2D eigenvalue weighted by molar-refractivity contribution is -0.487. The van der Waals surface area contributed by atoms with Crippen molar-refractivity contribution in [2.75, 3.05) is 0 Å². The average Bonchev–Trinajstić information content (AvgIpc) is 3.01. The summed E-state index contributed by atoms with van der Waals surface area (Å²) in [6.07, 6.45) is -24.2. The summed E-state index contributed by atoms with van der Waals surface area (Å²) in [4.78, 5) is 0. The van der Waals surface area contributed by atoms with Gasteiger partial charge in [-0.05, 0) is 0 Å². The first-order valence-corrected chi connectivity index (χ1v) is 12.5. The van der Waals surface area contributed by atoms with Crippen molar-refractivity contribution in [1.29, 1.82) is 0 Å². The van der Waals surface area contributed by atoms with Crippen LogP contribution in [0.2, 0.25) is 0 Å². The van der Waals surface area contributed by atoms with E-state index in [9.17, 15) is 180 Å². The van der Waals surface area contributed by atoms with Gasteiger partial charge in [0.1, 0.15) is 0 Å². The maximum atomic E-state index is 14.5. The van der Waals surface area contributed by atoms with Crippen LogP contribution in [-0.2, 0) is 0 Å². The van der Waals surface area contributed by atoms with Crippen LogP contribution < -0.4 is 0 Å². The largest absolute Gasteiger partial charge is 0.460 e. The Labute approximate surface area is 300 Å². The van der Waals surface area contributed by atoms with Gasteiger partial charge in [0.25, 0.3) is 0 Å². The van der Waals surface area contributed by atoms with E-state index in [1.54, 1.807) is 0 Å². The van der Waals surface area contributed by atoms with E-state index in [4.69, 9.17) is 0 Å². The van der Waals surface area contributed by atoms with Crippen molar-refractivity contribution in [3.05, 3.63) is 6.43 Å². The van der Waals surface area contributed by atoms with Gasteiger partial charge in [0.15, 0.2) is 0 Å². The predicted octanol–water partition coefficient (Wildman–Crippen LogP) is 13.4. The van der Waals surface area contributed by atoms with Gasteiger partial charge in [-0.25, -0.2) is 4.39 Å². The Morgan fingerprint density at radius 1 is 0.148 bits per heavy atom. The molecular formula is C20F41. The molecule has 0 bridgehead atoms. The third-order valence-corrected chi connectivity index (χ3v) is 7.36. The molecule has 0 saturated heterocycles. The number of rotatable bonds is 17. The van der Waals surface area contributed by atoms with Gasteiger partial charge in [0, 0.05) is 0 Å². The summed E-state index contributed by atoms with van der Waals surface area (Å²) in [7, 11) is 0. The smallest absolute Gasteiger partial charge is 0.223 e. The molecule has 0 aromatic heterocycles. The van der Waals surface area contributed by atoms with Crippen molar-refractivity contribution in [2.24, 2.45) is 0 Å². The van der Waals surface area contributed by atoms with Crippen LogP contribution in [0.4, 0.5) is 180 Å². The number of hydrogen-bond donors (Lipinski definition) is 0. The monoisotopic (exact) mass is 1020 g/mol. The Hall–Kier alpha value is -2.87. The van der Waals surface area contributed by atoms with Crippen LogP contribution in [0.25, 0.3) is 0 Å². The molecule has 1 radical (unpaired) electrons. The van der Waals surface area contributed by atoms with E-state index < -0.39 is 119 Å². The highest BCUT2D eigenvalue weighted by Gasteiger charge is 3.03. The molecule has 1 unspecified atom stereocenters. The van der Waals surface area contributed by atoms with Crippen molar-refractivity contribution in [2.45, 2.75) is 113 Å². The zero-order chi connectivity index (χ0) is 51.1. The molecule has 0 N–H and O–H groups in total. The van der Waals surface area contributed by atoms with Gasteiger partial charge in [-0.2, -0.15) is 176 Å². The first-order valence-electron chi connectivity index (χ1n) is 12.5. The Balaban J connectivity index is 8.24. The van der Waals surface area contributed by atoms with Gasteiger partial charge in [-0.1, -0.05) is 0 Å². The molecule has 0 rings (SSSR count). The fraction of sp³-hybridized carbons (Fsp3) is 0.950. The zero-order valence-electron chi connectivity index (χ0n) is 25.5. The van der Waals surface area contributed by atoms with Crippen LogP contribution >= 0.6 is 0 Å². The maximum Gasteiger partial charge on any atom is 0.460 e. The van der Waals surface area contributed by atoms with Gasteiger partial charge >= 0.3 is 119 Å². The molecule has 0 fully saturated rings. The lowest BCUT2D eigenvalue weighted by Gasteiger charge is -2.48. The lowest BCUT2D eigenvalue weighted by atomic mass is 9.76. The minimum absolute atomic E-state index is 7.08. The second kappa shape index (κ2) is 13.8. The van der Waals surface area contributed by atoms with Gasteiger partial charge in [0.2, 0.25) is 0 Å². The van der Waals surface area contributed by atoms with Crippen molar-refractivity contribution in [3.8, 4) is 0 Å². The summed E-state index contributed by atoms with van der Waals surface area (Å²) < 4.78 is 550. The summed E-state index contributed by atoms with van der Waals surface area (Å²) in [5.41, 5.74) is -10.5. The molecule has 0 aliphatic rings. The van der Waals surface area contributed by atoms with E-state index >= 15 is 0 Å². The van der Waals surface area contributed by atoms with Crippen LogP contribution in [-0.4, -0.2) is 113 Å². The van der Waals surface area contributed by atoms with E-state index in [-0.39, 0.29) is 0 Å². The fourth-order valence-corrected chi connectivity index (χ4v) is 3.59. The van der Waals surface area contributed by atoms with Gasteiger partial charge in [0.05, 0.1) is 0 Å². The van der Waals surface area contributed by atoms with E-state index in [0.717, 1.165) is 0 Å². The predicted molar refractivity (Wildman–Crippen MR) is 101 cm³/mol. The van der Waals surface area contributed by atoms with Crippen LogP contribution in [0.5, 0.6) is 0 Å². The molecule has 0 heterocycles. The lowest BCUT2D eigenvalue weighted by Crippen LogP contribution is -2.81. The van der Waals surface area contributed by atoms with Crippen LogP contribution in [0.3, 0.4) is 0 Å². The molecule has 0 saturated carbocycles. The molecule has 367 valence electrons. The molecule has 0 spiro atoms. The average molecular weight is 1020 g/mol. The number of halogens is 41. The molecule has 0 aromatic rings. The summed E-state index contributed by atoms with van der Waals surface area (Å²) in [6.45, 7) is 0. The zero-order valence-corrected chi connectivity index (χ0v) is 25.5. The molecule has 0 amide bonds. The first-order chi connectivity index (χ1) is 25.4. The van der Waals surface area contributed by atoms with Crippen molar-refractivity contribution in [1.82, 2.24) is 0 Å². The Morgan fingerprint density at radius 3 is 0.344 bits per heavy atom. The molecule has 0 aromatic carbocycles. The highest BCUT2D eigenvalue weighted by molar-refractivity contribution is 5.28. The molecule has 61 heavy (non-hydrogen) atoms. The molecule has 0 nitrogen and oxygen atoms in total. The highest BCUT2D eigenvalue weighted by Crippen LogP contribution is 2.72. The minimum atomic E-state index is -10.7. The molecular weight excluding hydrogens is 1020 g/mol. The number of hydrogen-bond acceptors (Lipinski definition) is 0.